The minimum atomic E-state index is -0.166. The van der Waals surface area contributed by atoms with E-state index in [0.717, 1.165) is 62.9 Å². The molecule has 1 aromatic carbocycles. The largest absolute Gasteiger partial charge is 0.492 e. The quantitative estimate of drug-likeness (QED) is 0.742. The number of halogens is 1. The zero-order chi connectivity index (χ0) is 19.5. The van der Waals surface area contributed by atoms with E-state index in [4.69, 9.17) is 4.74 Å². The van der Waals surface area contributed by atoms with E-state index >= 15 is 0 Å². The standard InChI is InChI=1S/C22H30FN3O2/c1-24(2)21(27)26-16-4-5-17(26)13-18(12-16)25-9-7-22(8-10-25)14-28-20-6-3-15(23)11-19(20)22/h3,6,11,16-18H,4-5,7-10,12-14H2,1-2H3. The lowest BCUT2D eigenvalue weighted by atomic mass is 9.74. The number of hydrogen-bond acceptors (Lipinski definition) is 3. The van der Waals surface area contributed by atoms with Gasteiger partial charge in [0.05, 0.1) is 6.61 Å². The molecule has 2 amide bonds. The third-order valence-electron chi connectivity index (χ3n) is 7.60. The van der Waals surface area contributed by atoms with Crippen LogP contribution in [0.4, 0.5) is 9.18 Å². The summed E-state index contributed by atoms with van der Waals surface area (Å²) in [6, 6.07) is 6.47. The predicted octanol–water partition coefficient (Wildman–Crippen LogP) is 3.23. The average Bonchev–Trinajstić information content (AvgIpc) is 3.16. The molecule has 4 aliphatic heterocycles. The Kier molecular flexibility index (Phi) is 4.30. The van der Waals surface area contributed by atoms with Crippen molar-refractivity contribution in [2.75, 3.05) is 33.8 Å². The van der Waals surface area contributed by atoms with Crippen molar-refractivity contribution >= 4 is 6.03 Å². The number of fused-ring (bicyclic) bond motifs is 4. The minimum Gasteiger partial charge on any atom is -0.492 e. The number of hydrogen-bond donors (Lipinski definition) is 0. The number of rotatable bonds is 1. The van der Waals surface area contributed by atoms with Gasteiger partial charge >= 0.3 is 6.03 Å². The van der Waals surface area contributed by atoms with E-state index in [2.05, 4.69) is 9.80 Å². The summed E-state index contributed by atoms with van der Waals surface area (Å²) in [6.07, 6.45) is 6.50. The monoisotopic (exact) mass is 387 g/mol. The first-order valence-electron chi connectivity index (χ1n) is 10.6. The second-order valence-corrected chi connectivity index (χ2v) is 9.34. The highest BCUT2D eigenvalue weighted by molar-refractivity contribution is 5.75. The van der Waals surface area contributed by atoms with Crippen molar-refractivity contribution in [3.05, 3.63) is 29.6 Å². The van der Waals surface area contributed by atoms with Crippen LogP contribution in [-0.4, -0.2) is 72.6 Å². The summed E-state index contributed by atoms with van der Waals surface area (Å²) in [4.78, 5) is 19.0. The number of benzene rings is 1. The number of carbonyl (C=O) groups is 1. The predicted molar refractivity (Wildman–Crippen MR) is 105 cm³/mol. The molecule has 2 unspecified atom stereocenters. The molecule has 152 valence electrons. The topological polar surface area (TPSA) is 36.0 Å². The molecule has 3 saturated heterocycles. The second kappa shape index (κ2) is 6.61. The molecule has 0 aliphatic carbocycles. The Hall–Kier alpha value is -1.82. The van der Waals surface area contributed by atoms with Gasteiger partial charge in [0, 0.05) is 43.2 Å². The fourth-order valence-corrected chi connectivity index (χ4v) is 6.06. The highest BCUT2D eigenvalue weighted by Gasteiger charge is 2.48. The van der Waals surface area contributed by atoms with Gasteiger partial charge < -0.3 is 19.4 Å². The van der Waals surface area contributed by atoms with E-state index < -0.39 is 0 Å². The number of nitrogens with zero attached hydrogens (tertiary/aromatic N) is 3. The summed E-state index contributed by atoms with van der Waals surface area (Å²) in [6.45, 7) is 2.75. The number of ether oxygens (including phenoxy) is 1. The Morgan fingerprint density at radius 3 is 2.46 bits per heavy atom. The molecule has 1 aromatic rings. The molecule has 1 spiro atoms. The van der Waals surface area contributed by atoms with Crippen LogP contribution in [0.2, 0.25) is 0 Å². The van der Waals surface area contributed by atoms with Gasteiger partial charge in [-0.2, -0.15) is 0 Å². The number of piperidine rings is 2. The van der Waals surface area contributed by atoms with Gasteiger partial charge in [0.25, 0.3) is 0 Å². The summed E-state index contributed by atoms with van der Waals surface area (Å²) >= 11 is 0. The molecule has 4 aliphatic rings. The van der Waals surface area contributed by atoms with Crippen LogP contribution in [0.3, 0.4) is 0 Å². The van der Waals surface area contributed by atoms with Crippen molar-refractivity contribution in [2.45, 2.75) is 62.1 Å². The zero-order valence-corrected chi connectivity index (χ0v) is 16.9. The third-order valence-corrected chi connectivity index (χ3v) is 7.60. The molecular formula is C22H30FN3O2. The fraction of sp³-hybridized carbons (Fsp3) is 0.682. The molecule has 2 atom stereocenters. The SMILES string of the molecule is CN(C)C(=O)N1C2CCC1CC(N1CCC3(CC1)COc1ccc(F)cc13)C2. The van der Waals surface area contributed by atoms with Crippen LogP contribution < -0.4 is 4.74 Å². The fourth-order valence-electron chi connectivity index (χ4n) is 6.06. The normalized spacial score (nSPS) is 31.0. The lowest BCUT2D eigenvalue weighted by molar-refractivity contribution is 0.0403. The van der Waals surface area contributed by atoms with Gasteiger partial charge in [-0.3, -0.25) is 0 Å². The average molecular weight is 387 g/mol. The Morgan fingerprint density at radius 2 is 1.82 bits per heavy atom. The lowest BCUT2D eigenvalue weighted by Crippen LogP contribution is -2.56. The van der Waals surface area contributed by atoms with Gasteiger partial charge in [-0.1, -0.05) is 0 Å². The number of amides is 2. The van der Waals surface area contributed by atoms with E-state index in [1.807, 2.05) is 14.1 Å². The minimum absolute atomic E-state index is 0.0193. The van der Waals surface area contributed by atoms with Crippen molar-refractivity contribution < 1.29 is 13.9 Å². The van der Waals surface area contributed by atoms with Crippen molar-refractivity contribution in [3.8, 4) is 5.75 Å². The molecule has 0 aromatic heterocycles. The van der Waals surface area contributed by atoms with E-state index in [-0.39, 0.29) is 17.3 Å². The van der Waals surface area contributed by atoms with Gasteiger partial charge in [-0.05, 0) is 69.8 Å². The maximum Gasteiger partial charge on any atom is 0.319 e. The molecular weight excluding hydrogens is 357 g/mol. The van der Waals surface area contributed by atoms with Crippen LogP contribution in [0.25, 0.3) is 0 Å². The first kappa shape index (κ1) is 18.2. The Morgan fingerprint density at radius 1 is 1.14 bits per heavy atom. The summed E-state index contributed by atoms with van der Waals surface area (Å²) in [5.74, 6) is 0.698. The van der Waals surface area contributed by atoms with Crippen LogP contribution in [-0.2, 0) is 5.41 Å². The lowest BCUT2D eigenvalue weighted by Gasteiger charge is -2.47. The van der Waals surface area contributed by atoms with Gasteiger partial charge in [-0.15, -0.1) is 0 Å². The van der Waals surface area contributed by atoms with Crippen molar-refractivity contribution in [3.63, 3.8) is 0 Å². The summed E-state index contributed by atoms with van der Waals surface area (Å²) in [5.41, 5.74) is 1.05. The van der Waals surface area contributed by atoms with Crippen molar-refractivity contribution in [1.82, 2.24) is 14.7 Å². The maximum absolute atomic E-state index is 13.8. The zero-order valence-electron chi connectivity index (χ0n) is 16.9. The van der Waals surface area contributed by atoms with Gasteiger partial charge in [0.1, 0.15) is 11.6 Å². The summed E-state index contributed by atoms with van der Waals surface area (Å²) in [5, 5.41) is 0. The first-order valence-corrected chi connectivity index (χ1v) is 10.6. The maximum atomic E-state index is 13.8. The number of urea groups is 1. The molecule has 28 heavy (non-hydrogen) atoms. The Labute approximate surface area is 166 Å². The molecule has 0 saturated carbocycles. The second-order valence-electron chi connectivity index (χ2n) is 9.34. The molecule has 5 rings (SSSR count). The van der Waals surface area contributed by atoms with E-state index in [1.54, 1.807) is 17.0 Å². The van der Waals surface area contributed by atoms with Crippen molar-refractivity contribution in [2.24, 2.45) is 0 Å². The van der Waals surface area contributed by atoms with Crippen LogP contribution in [0.15, 0.2) is 18.2 Å². The molecule has 2 bridgehead atoms. The Balaban J connectivity index is 1.26. The first-order chi connectivity index (χ1) is 13.5. The summed E-state index contributed by atoms with van der Waals surface area (Å²) < 4.78 is 19.7. The highest BCUT2D eigenvalue weighted by Crippen LogP contribution is 2.47. The molecule has 6 heteroatoms. The number of likely N-dealkylation sites (tertiary alicyclic amines) is 1. The highest BCUT2D eigenvalue weighted by atomic mass is 19.1. The van der Waals surface area contributed by atoms with Crippen LogP contribution in [0.5, 0.6) is 5.75 Å². The molecule has 5 nitrogen and oxygen atoms in total. The Bertz CT molecular complexity index is 761. The van der Waals surface area contributed by atoms with E-state index in [1.165, 1.54) is 6.07 Å². The van der Waals surface area contributed by atoms with Crippen LogP contribution in [0.1, 0.15) is 44.1 Å². The van der Waals surface area contributed by atoms with Crippen LogP contribution >= 0.6 is 0 Å². The molecule has 3 fully saturated rings. The van der Waals surface area contributed by atoms with Gasteiger partial charge in [0.15, 0.2) is 0 Å². The van der Waals surface area contributed by atoms with Crippen molar-refractivity contribution in [1.29, 1.82) is 0 Å². The third kappa shape index (κ3) is 2.79. The smallest absolute Gasteiger partial charge is 0.319 e. The van der Waals surface area contributed by atoms with Gasteiger partial charge in [-0.25, -0.2) is 9.18 Å². The molecule has 0 radical (unpaired) electrons. The van der Waals surface area contributed by atoms with E-state index in [9.17, 15) is 9.18 Å². The molecule has 0 N–H and O–H groups in total. The molecule has 4 heterocycles. The number of carbonyl (C=O) groups excluding carboxylic acids is 1. The van der Waals surface area contributed by atoms with E-state index in [0.29, 0.717) is 24.7 Å². The summed E-state index contributed by atoms with van der Waals surface area (Å²) in [7, 11) is 3.70. The van der Waals surface area contributed by atoms with Gasteiger partial charge in [0.2, 0.25) is 0 Å². The van der Waals surface area contributed by atoms with Crippen LogP contribution in [0, 0.1) is 5.82 Å².